The van der Waals surface area contributed by atoms with Crippen molar-refractivity contribution in [2.75, 3.05) is 0 Å². The Kier molecular flexibility index (Phi) is 3.51. The molecule has 48 valence electrons. The van der Waals surface area contributed by atoms with Gasteiger partial charge in [-0.1, -0.05) is 34.8 Å². The number of hydrogen-bond acceptors (Lipinski definition) is 1. The summed E-state index contributed by atoms with van der Waals surface area (Å²) in [7, 11) is -1.64. The van der Waals surface area contributed by atoms with Crippen molar-refractivity contribution < 1.29 is 4.46 Å². The third-order valence-electron chi connectivity index (χ3n) is 0.449. The van der Waals surface area contributed by atoms with E-state index in [0.29, 0.717) is 0 Å². The largest absolute Gasteiger partial charge is 0.389 e. The molecule has 0 aromatic heterocycles. The topological polar surface area (TPSA) is 17.1 Å². The molecular formula is C3H5Cl3OSi. The van der Waals surface area contributed by atoms with Gasteiger partial charge in [-0.05, 0) is 6.55 Å². The first-order valence-electron chi connectivity index (χ1n) is 1.98. The van der Waals surface area contributed by atoms with Crippen LogP contribution in [0.1, 0.15) is 0 Å². The van der Waals surface area contributed by atoms with Crippen LogP contribution in [0.3, 0.4) is 0 Å². The lowest BCUT2D eigenvalue weighted by atomic mass is 10.9. The number of halogens is 3. The fourth-order valence-electron chi connectivity index (χ4n) is 0.282. The lowest BCUT2D eigenvalue weighted by Gasteiger charge is -2.04. The summed E-state index contributed by atoms with van der Waals surface area (Å²) in [6.07, 6.45) is 0. The summed E-state index contributed by atoms with van der Waals surface area (Å²) in [6, 6.07) is 0.169. The normalized spacial score (nSPS) is 11.5. The highest BCUT2D eigenvalue weighted by Crippen LogP contribution is 2.30. The third kappa shape index (κ3) is 6.89. The average Bonchev–Trinajstić information content (AvgIpc) is 1.21. The van der Waals surface area contributed by atoms with Gasteiger partial charge in [-0.25, -0.2) is 0 Å². The van der Waals surface area contributed by atoms with E-state index in [9.17, 15) is 4.46 Å². The molecule has 0 aliphatic heterocycles. The van der Waals surface area contributed by atoms with Crippen LogP contribution >= 0.6 is 34.8 Å². The van der Waals surface area contributed by atoms with Gasteiger partial charge in [0.1, 0.15) is 0 Å². The molecule has 0 aliphatic carbocycles. The maximum atomic E-state index is 10.4. The van der Waals surface area contributed by atoms with Crippen LogP contribution in [0.25, 0.3) is 0 Å². The molecule has 0 radical (unpaired) electrons. The Labute approximate surface area is 64.6 Å². The van der Waals surface area contributed by atoms with E-state index in [0.717, 1.165) is 0 Å². The fourth-order valence-corrected chi connectivity index (χ4v) is 2.54. The second-order valence-corrected chi connectivity index (χ2v) is 5.77. The van der Waals surface area contributed by atoms with Crippen molar-refractivity contribution in [2.24, 2.45) is 0 Å². The molecule has 0 unspecified atom stereocenters. The van der Waals surface area contributed by atoms with E-state index in [1.807, 2.05) is 0 Å². The molecule has 0 amide bonds. The van der Waals surface area contributed by atoms with E-state index in [4.69, 9.17) is 34.8 Å². The minimum atomic E-state index is -1.64. The third-order valence-corrected chi connectivity index (χ3v) is 2.55. The van der Waals surface area contributed by atoms with Gasteiger partial charge in [-0.3, -0.25) is 0 Å². The standard InChI is InChI=1S/C3H5Cl3OSi/c1-8(7)2-3(4,5)6/h2H2,1H3. The Bertz CT molecular complexity index is 97.2. The van der Waals surface area contributed by atoms with Gasteiger partial charge in [0.25, 0.3) is 8.68 Å². The molecule has 0 aromatic carbocycles. The van der Waals surface area contributed by atoms with Crippen LogP contribution in [0.4, 0.5) is 0 Å². The van der Waals surface area contributed by atoms with E-state index in [2.05, 4.69) is 0 Å². The first-order valence-corrected chi connectivity index (χ1v) is 5.23. The second-order valence-electron chi connectivity index (χ2n) is 1.49. The molecule has 0 aromatic rings. The average molecular weight is 192 g/mol. The lowest BCUT2D eigenvalue weighted by Crippen LogP contribution is -2.07. The smallest absolute Gasteiger partial charge is 0.277 e. The molecule has 1 nitrogen and oxygen atoms in total. The second kappa shape index (κ2) is 3.16. The van der Waals surface area contributed by atoms with Crippen LogP contribution in [0.2, 0.25) is 12.6 Å². The highest BCUT2D eigenvalue weighted by atomic mass is 35.6. The van der Waals surface area contributed by atoms with Crippen molar-refractivity contribution in [3.05, 3.63) is 0 Å². The van der Waals surface area contributed by atoms with Crippen molar-refractivity contribution >= 4 is 43.5 Å². The molecule has 0 saturated heterocycles. The van der Waals surface area contributed by atoms with Crippen molar-refractivity contribution in [2.45, 2.75) is 16.4 Å². The minimum Gasteiger partial charge on any atom is -0.389 e. The molecule has 0 heterocycles. The van der Waals surface area contributed by atoms with Crippen LogP contribution in [0, 0.1) is 0 Å². The van der Waals surface area contributed by atoms with Gasteiger partial charge in [-0.2, -0.15) is 0 Å². The quantitative estimate of drug-likeness (QED) is 0.460. The number of alkyl halides is 3. The van der Waals surface area contributed by atoms with Gasteiger partial charge in [0, 0.05) is 6.04 Å². The van der Waals surface area contributed by atoms with E-state index < -0.39 is 12.5 Å². The maximum Gasteiger partial charge on any atom is 0.277 e. The van der Waals surface area contributed by atoms with Crippen molar-refractivity contribution in [3.8, 4) is 0 Å². The highest BCUT2D eigenvalue weighted by Gasteiger charge is 2.22. The summed E-state index contributed by atoms with van der Waals surface area (Å²) in [6.45, 7) is 1.56. The van der Waals surface area contributed by atoms with Crippen molar-refractivity contribution in [3.63, 3.8) is 0 Å². The Morgan fingerprint density at radius 1 is 1.50 bits per heavy atom. The zero-order chi connectivity index (χ0) is 6.78. The van der Waals surface area contributed by atoms with E-state index in [1.54, 1.807) is 6.55 Å². The number of rotatable bonds is 1. The summed E-state index contributed by atoms with van der Waals surface area (Å²) >= 11 is 15.9. The summed E-state index contributed by atoms with van der Waals surface area (Å²) in [5.74, 6) is 0. The maximum absolute atomic E-state index is 10.4. The van der Waals surface area contributed by atoms with Crippen molar-refractivity contribution in [1.29, 1.82) is 0 Å². The zero-order valence-corrected chi connectivity index (χ0v) is 7.52. The molecule has 0 bridgehead atoms. The van der Waals surface area contributed by atoms with E-state index in [-0.39, 0.29) is 6.04 Å². The Balaban J connectivity index is 3.55. The molecular weight excluding hydrogens is 186 g/mol. The van der Waals surface area contributed by atoms with E-state index >= 15 is 0 Å². The summed E-state index contributed by atoms with van der Waals surface area (Å²) in [4.78, 5) is 0. The SMILES string of the molecule is C[Si](=O)CC(Cl)(Cl)Cl. The molecule has 5 heteroatoms. The molecule has 0 aliphatic rings. The fraction of sp³-hybridized carbons (Fsp3) is 1.00. The van der Waals surface area contributed by atoms with Gasteiger partial charge in [0.05, 0.1) is 0 Å². The van der Waals surface area contributed by atoms with Crippen LogP contribution < -0.4 is 0 Å². The van der Waals surface area contributed by atoms with Gasteiger partial charge in [0.15, 0.2) is 3.79 Å². The highest BCUT2D eigenvalue weighted by molar-refractivity contribution is 6.70. The first-order chi connectivity index (χ1) is 3.42. The molecule has 8 heavy (non-hydrogen) atoms. The molecule has 0 saturated carbocycles. The summed E-state index contributed by atoms with van der Waals surface area (Å²) < 4.78 is 9.06. The first kappa shape index (κ1) is 8.89. The molecule has 0 spiro atoms. The van der Waals surface area contributed by atoms with Gasteiger partial charge >= 0.3 is 0 Å². The monoisotopic (exact) mass is 190 g/mol. The summed E-state index contributed by atoms with van der Waals surface area (Å²) in [5, 5.41) is 0. The Morgan fingerprint density at radius 2 is 1.88 bits per heavy atom. The van der Waals surface area contributed by atoms with Gasteiger partial charge in [-0.15, -0.1) is 0 Å². The van der Waals surface area contributed by atoms with Crippen LogP contribution in [0.15, 0.2) is 0 Å². The van der Waals surface area contributed by atoms with Crippen LogP contribution in [-0.4, -0.2) is 12.5 Å². The Morgan fingerprint density at radius 3 is 1.88 bits per heavy atom. The molecule has 0 fully saturated rings. The predicted molar refractivity (Wildman–Crippen MR) is 37.4 cm³/mol. The van der Waals surface area contributed by atoms with Crippen molar-refractivity contribution in [1.82, 2.24) is 0 Å². The predicted octanol–water partition coefficient (Wildman–Crippen LogP) is 2.41. The summed E-state index contributed by atoms with van der Waals surface area (Å²) in [5.41, 5.74) is 0. The lowest BCUT2D eigenvalue weighted by molar-refractivity contribution is 0.564. The van der Waals surface area contributed by atoms with Crippen LogP contribution in [0.5, 0.6) is 0 Å². The molecule has 0 atom stereocenters. The Hall–Kier alpha value is 0.887. The minimum absolute atomic E-state index is 0.169. The zero-order valence-electron chi connectivity index (χ0n) is 4.25. The van der Waals surface area contributed by atoms with E-state index in [1.165, 1.54) is 0 Å². The van der Waals surface area contributed by atoms with Gasteiger partial charge < -0.3 is 4.46 Å². The number of hydrogen-bond donors (Lipinski definition) is 0. The van der Waals surface area contributed by atoms with Gasteiger partial charge in [0.2, 0.25) is 0 Å². The molecule has 0 N–H and O–H groups in total. The molecule has 0 rings (SSSR count). The van der Waals surface area contributed by atoms with Crippen LogP contribution in [-0.2, 0) is 4.46 Å².